The number of nitrogens with zero attached hydrogens (tertiary/aromatic N) is 3. The number of carbonyl (C=O) groups excluding carboxylic acids is 1. The third-order valence-corrected chi connectivity index (χ3v) is 3.87. The lowest BCUT2D eigenvalue weighted by Gasteiger charge is -2.36. The Labute approximate surface area is 136 Å². The number of hydrogen-bond acceptors (Lipinski definition) is 5. The highest BCUT2D eigenvalue weighted by Gasteiger charge is 2.26. The fourth-order valence-electron chi connectivity index (χ4n) is 2.68. The van der Waals surface area contributed by atoms with Crippen molar-refractivity contribution < 1.29 is 14.6 Å². The molecule has 1 fully saturated rings. The van der Waals surface area contributed by atoms with Crippen LogP contribution in [0.25, 0.3) is 0 Å². The Hall–Kier alpha value is -2.10. The van der Waals surface area contributed by atoms with E-state index < -0.39 is 6.10 Å². The molecule has 1 saturated heterocycles. The van der Waals surface area contributed by atoms with Crippen molar-refractivity contribution in [1.82, 2.24) is 9.80 Å². The van der Waals surface area contributed by atoms with Crippen LogP contribution in [0.2, 0.25) is 0 Å². The molecule has 0 saturated carbocycles. The number of piperazine rings is 1. The van der Waals surface area contributed by atoms with Gasteiger partial charge in [-0.1, -0.05) is 12.1 Å². The topological polar surface area (TPSA) is 76.8 Å². The molecule has 1 aliphatic rings. The molecule has 0 aliphatic carbocycles. The lowest BCUT2D eigenvalue weighted by Crippen LogP contribution is -2.52. The fourth-order valence-corrected chi connectivity index (χ4v) is 2.68. The minimum Gasteiger partial charge on any atom is -0.480 e. The minimum atomic E-state index is -0.632. The van der Waals surface area contributed by atoms with Crippen LogP contribution in [0, 0.1) is 11.3 Å². The molecule has 0 radical (unpaired) electrons. The summed E-state index contributed by atoms with van der Waals surface area (Å²) in [5.74, 6) is 0.359. The number of nitriles is 1. The lowest BCUT2D eigenvalue weighted by molar-refractivity contribution is -0.139. The summed E-state index contributed by atoms with van der Waals surface area (Å²) in [6.07, 6.45) is -0.991. The Bertz CT molecular complexity index is 575. The monoisotopic (exact) mass is 317 g/mol. The van der Waals surface area contributed by atoms with E-state index in [1.165, 1.54) is 0 Å². The molecule has 0 unspecified atom stereocenters. The van der Waals surface area contributed by atoms with E-state index in [9.17, 15) is 9.90 Å². The van der Waals surface area contributed by atoms with Gasteiger partial charge in [-0.3, -0.25) is 9.69 Å². The molecule has 2 rings (SSSR count). The molecule has 1 heterocycles. The zero-order valence-corrected chi connectivity index (χ0v) is 13.6. The number of rotatable bonds is 5. The largest absolute Gasteiger partial charge is 0.480 e. The molecule has 124 valence electrons. The Balaban J connectivity index is 1.90. The highest BCUT2D eigenvalue weighted by atomic mass is 16.5. The number of aliphatic hydroxyl groups excluding tert-OH is 1. The summed E-state index contributed by atoms with van der Waals surface area (Å²) in [5, 5.41) is 18.5. The van der Waals surface area contributed by atoms with Crippen molar-refractivity contribution in [2.24, 2.45) is 0 Å². The molecule has 0 bridgehead atoms. The van der Waals surface area contributed by atoms with Crippen molar-refractivity contribution in [3.05, 3.63) is 29.8 Å². The van der Waals surface area contributed by atoms with E-state index in [1.807, 2.05) is 0 Å². The van der Waals surface area contributed by atoms with E-state index in [4.69, 9.17) is 10.00 Å². The number of carbonyl (C=O) groups is 1. The van der Waals surface area contributed by atoms with Crippen LogP contribution < -0.4 is 4.74 Å². The number of aliphatic hydroxyl groups is 1. The quantitative estimate of drug-likeness (QED) is 0.871. The maximum Gasteiger partial charge on any atom is 0.263 e. The van der Waals surface area contributed by atoms with Crippen LogP contribution in [-0.4, -0.2) is 65.7 Å². The molecule has 1 aromatic rings. The molecule has 23 heavy (non-hydrogen) atoms. The van der Waals surface area contributed by atoms with Gasteiger partial charge in [-0.05, 0) is 26.0 Å². The Morgan fingerprint density at radius 1 is 1.30 bits per heavy atom. The first-order chi connectivity index (χ1) is 11.0. The highest BCUT2D eigenvalue weighted by molar-refractivity contribution is 5.81. The van der Waals surface area contributed by atoms with Crippen LogP contribution in [0.3, 0.4) is 0 Å². The molecular formula is C17H23N3O3. The predicted octanol–water partition coefficient (Wildman–Crippen LogP) is 0.851. The van der Waals surface area contributed by atoms with Crippen LogP contribution in [0.1, 0.15) is 19.4 Å². The zero-order chi connectivity index (χ0) is 16.8. The summed E-state index contributed by atoms with van der Waals surface area (Å²) in [5.41, 5.74) is 0.425. The zero-order valence-electron chi connectivity index (χ0n) is 13.6. The van der Waals surface area contributed by atoms with Gasteiger partial charge in [-0.15, -0.1) is 0 Å². The summed E-state index contributed by atoms with van der Waals surface area (Å²) in [6, 6.07) is 8.97. The Kier molecular flexibility index (Phi) is 5.97. The molecule has 1 N–H and O–H groups in total. The molecule has 1 aliphatic heterocycles. The Morgan fingerprint density at radius 3 is 2.57 bits per heavy atom. The normalized spacial score (nSPS) is 18.1. The van der Waals surface area contributed by atoms with Gasteiger partial charge < -0.3 is 14.7 Å². The van der Waals surface area contributed by atoms with E-state index in [0.29, 0.717) is 30.9 Å². The van der Waals surface area contributed by atoms with Crippen LogP contribution in [0.5, 0.6) is 5.75 Å². The minimum absolute atomic E-state index is 0.0746. The number of β-amino-alcohol motifs (C(OH)–C–C–N with tert-alkyl or cyclic N) is 1. The average molecular weight is 317 g/mol. The number of hydrogen-bond donors (Lipinski definition) is 1. The molecular weight excluding hydrogens is 294 g/mol. The van der Waals surface area contributed by atoms with Gasteiger partial charge in [0.05, 0.1) is 11.7 Å². The fraction of sp³-hybridized carbons (Fsp3) is 0.529. The molecule has 1 aromatic carbocycles. The van der Waals surface area contributed by atoms with Crippen molar-refractivity contribution in [3.63, 3.8) is 0 Å². The standard InChI is InChI=1S/C17H23N3O3/c1-13(21)12-19-7-9-20(10-8-19)17(22)14(2)23-16-6-4-3-5-15(16)11-18/h3-6,13-14,21H,7-10,12H2,1-2H3/t13-,14-/m0/s1. The second-order valence-corrected chi connectivity index (χ2v) is 5.84. The molecule has 1 amide bonds. The van der Waals surface area contributed by atoms with E-state index in [0.717, 1.165) is 13.1 Å². The molecule has 6 heteroatoms. The van der Waals surface area contributed by atoms with Crippen molar-refractivity contribution in [3.8, 4) is 11.8 Å². The van der Waals surface area contributed by atoms with Gasteiger partial charge in [0.15, 0.2) is 6.10 Å². The maximum atomic E-state index is 12.5. The van der Waals surface area contributed by atoms with Gasteiger partial charge in [-0.2, -0.15) is 5.26 Å². The summed E-state index contributed by atoms with van der Waals surface area (Å²) in [7, 11) is 0. The first kappa shape index (κ1) is 17.3. The van der Waals surface area contributed by atoms with Gasteiger partial charge in [0.2, 0.25) is 0 Å². The average Bonchev–Trinajstić information content (AvgIpc) is 2.55. The Morgan fingerprint density at radius 2 is 1.96 bits per heavy atom. The van der Waals surface area contributed by atoms with Gasteiger partial charge in [0.25, 0.3) is 5.91 Å². The smallest absolute Gasteiger partial charge is 0.263 e. The number of benzene rings is 1. The third kappa shape index (κ3) is 4.68. The van der Waals surface area contributed by atoms with E-state index in [-0.39, 0.29) is 12.0 Å². The first-order valence-electron chi connectivity index (χ1n) is 7.86. The van der Waals surface area contributed by atoms with Crippen LogP contribution in [0.15, 0.2) is 24.3 Å². The van der Waals surface area contributed by atoms with Crippen LogP contribution in [0.4, 0.5) is 0 Å². The maximum absolute atomic E-state index is 12.5. The number of amides is 1. The number of para-hydroxylation sites is 1. The van der Waals surface area contributed by atoms with E-state index in [1.54, 1.807) is 43.0 Å². The summed E-state index contributed by atoms with van der Waals surface area (Å²) < 4.78 is 5.68. The third-order valence-electron chi connectivity index (χ3n) is 3.87. The van der Waals surface area contributed by atoms with Crippen molar-refractivity contribution in [1.29, 1.82) is 5.26 Å². The first-order valence-corrected chi connectivity index (χ1v) is 7.86. The van der Waals surface area contributed by atoms with Crippen LogP contribution in [-0.2, 0) is 4.79 Å². The summed E-state index contributed by atoms with van der Waals surface area (Å²) in [4.78, 5) is 16.4. The summed E-state index contributed by atoms with van der Waals surface area (Å²) in [6.45, 7) is 6.84. The van der Waals surface area contributed by atoms with E-state index >= 15 is 0 Å². The van der Waals surface area contributed by atoms with Crippen LogP contribution >= 0.6 is 0 Å². The molecule has 2 atom stereocenters. The van der Waals surface area contributed by atoms with Gasteiger partial charge >= 0.3 is 0 Å². The molecule has 0 aromatic heterocycles. The molecule has 6 nitrogen and oxygen atoms in total. The van der Waals surface area contributed by atoms with Crippen molar-refractivity contribution in [2.45, 2.75) is 26.1 Å². The lowest BCUT2D eigenvalue weighted by atomic mass is 10.2. The van der Waals surface area contributed by atoms with Gasteiger partial charge in [0, 0.05) is 32.7 Å². The second-order valence-electron chi connectivity index (χ2n) is 5.84. The predicted molar refractivity (Wildman–Crippen MR) is 85.9 cm³/mol. The van der Waals surface area contributed by atoms with Gasteiger partial charge in [0.1, 0.15) is 11.8 Å². The van der Waals surface area contributed by atoms with Crippen molar-refractivity contribution >= 4 is 5.91 Å². The number of ether oxygens (including phenoxy) is 1. The van der Waals surface area contributed by atoms with E-state index in [2.05, 4.69) is 11.0 Å². The summed E-state index contributed by atoms with van der Waals surface area (Å²) >= 11 is 0. The van der Waals surface area contributed by atoms with Crippen molar-refractivity contribution in [2.75, 3.05) is 32.7 Å². The molecule has 0 spiro atoms. The highest BCUT2D eigenvalue weighted by Crippen LogP contribution is 2.19. The SMILES string of the molecule is C[C@H](O)CN1CCN(C(=O)[C@H](C)Oc2ccccc2C#N)CC1. The van der Waals surface area contributed by atoms with Gasteiger partial charge in [-0.25, -0.2) is 0 Å². The second kappa shape index (κ2) is 7.95.